The van der Waals surface area contributed by atoms with Crippen LogP contribution in [-0.4, -0.2) is 87.3 Å². The molecule has 0 unspecified atom stereocenters. The first-order valence-corrected chi connectivity index (χ1v) is 9.82. The number of benzene rings is 1. The molecule has 3 rings (SSSR count). The van der Waals surface area contributed by atoms with E-state index < -0.39 is 28.3 Å². The fourth-order valence-electron chi connectivity index (χ4n) is 3.35. The number of aliphatic hydroxyl groups excluding tert-OH is 2. The van der Waals surface area contributed by atoms with Crippen LogP contribution >= 0.6 is 12.4 Å². The van der Waals surface area contributed by atoms with Gasteiger partial charge in [-0.3, -0.25) is 4.90 Å². The Labute approximate surface area is 159 Å². The number of rotatable bonds is 6. The number of sulfonamides is 1. The summed E-state index contributed by atoms with van der Waals surface area (Å²) < 4.78 is 38.4. The van der Waals surface area contributed by atoms with Crippen molar-refractivity contribution in [3.05, 3.63) is 30.3 Å². The van der Waals surface area contributed by atoms with Gasteiger partial charge in [-0.25, -0.2) is 13.1 Å². The lowest BCUT2D eigenvalue weighted by Gasteiger charge is -2.36. The fraction of sp³-hybridized carbons (Fsp3) is 0.625. The van der Waals surface area contributed by atoms with Crippen LogP contribution in [0.5, 0.6) is 0 Å². The Bertz CT molecular complexity index is 656. The Kier molecular flexibility index (Phi) is 7.80. The van der Waals surface area contributed by atoms with Crippen molar-refractivity contribution in [2.24, 2.45) is 0 Å². The van der Waals surface area contributed by atoms with Gasteiger partial charge in [0.05, 0.1) is 36.9 Å². The molecule has 0 amide bonds. The van der Waals surface area contributed by atoms with Gasteiger partial charge in [0, 0.05) is 19.6 Å². The van der Waals surface area contributed by atoms with Crippen molar-refractivity contribution in [3.63, 3.8) is 0 Å². The molecule has 10 heteroatoms. The van der Waals surface area contributed by atoms with Crippen LogP contribution in [0.1, 0.15) is 0 Å². The minimum absolute atomic E-state index is 0. The largest absolute Gasteiger partial charge is 0.394 e. The average Bonchev–Trinajstić information content (AvgIpc) is 2.97. The second-order valence-corrected chi connectivity index (χ2v) is 7.96. The van der Waals surface area contributed by atoms with E-state index in [0.29, 0.717) is 26.3 Å². The van der Waals surface area contributed by atoms with Crippen LogP contribution in [0.2, 0.25) is 0 Å². The van der Waals surface area contributed by atoms with E-state index in [1.807, 2.05) is 4.90 Å². The Morgan fingerprint density at radius 3 is 2.42 bits per heavy atom. The van der Waals surface area contributed by atoms with Gasteiger partial charge in [0.1, 0.15) is 12.2 Å². The minimum atomic E-state index is -3.66. The van der Waals surface area contributed by atoms with Crippen LogP contribution in [0.15, 0.2) is 35.2 Å². The summed E-state index contributed by atoms with van der Waals surface area (Å²) in [6.45, 7) is 2.07. The number of hydrogen-bond donors (Lipinski definition) is 3. The molecule has 2 saturated heterocycles. The van der Waals surface area contributed by atoms with Gasteiger partial charge in [0.2, 0.25) is 10.0 Å². The van der Waals surface area contributed by atoms with E-state index in [9.17, 15) is 18.6 Å². The molecule has 2 aliphatic rings. The third-order valence-electron chi connectivity index (χ3n) is 4.64. The van der Waals surface area contributed by atoms with E-state index in [2.05, 4.69) is 4.72 Å². The maximum atomic E-state index is 12.4. The topological polar surface area (TPSA) is 108 Å². The van der Waals surface area contributed by atoms with E-state index in [1.54, 1.807) is 18.2 Å². The predicted molar refractivity (Wildman–Crippen MR) is 96.8 cm³/mol. The maximum absolute atomic E-state index is 12.4. The summed E-state index contributed by atoms with van der Waals surface area (Å²) in [4.78, 5) is 2.21. The zero-order valence-electron chi connectivity index (χ0n) is 14.2. The van der Waals surface area contributed by atoms with Gasteiger partial charge in [-0.15, -0.1) is 12.4 Å². The van der Waals surface area contributed by atoms with Crippen molar-refractivity contribution in [2.45, 2.75) is 29.2 Å². The Morgan fingerprint density at radius 1 is 1.15 bits per heavy atom. The number of morpholine rings is 1. The minimum Gasteiger partial charge on any atom is -0.394 e. The molecule has 1 aromatic carbocycles. The molecule has 0 aliphatic carbocycles. The molecule has 8 nitrogen and oxygen atoms in total. The molecule has 2 aliphatic heterocycles. The standard InChI is InChI=1S/C16H24N2O6S.ClH/c19-11-14-16(20)15(18-6-8-23-9-7-18)13(24-14)10-17-25(21,22)12-4-2-1-3-5-12;/h1-5,13-17,19-20H,6-11H2;1H/t13-,14+,15+,16-;/m1./s1. The van der Waals surface area contributed by atoms with Crippen molar-refractivity contribution < 1.29 is 28.1 Å². The van der Waals surface area contributed by atoms with Crippen LogP contribution in [0.3, 0.4) is 0 Å². The highest BCUT2D eigenvalue weighted by Gasteiger charge is 2.46. The van der Waals surface area contributed by atoms with E-state index in [0.717, 1.165) is 0 Å². The third kappa shape index (κ3) is 4.73. The van der Waals surface area contributed by atoms with Gasteiger partial charge in [0.25, 0.3) is 0 Å². The lowest BCUT2D eigenvalue weighted by atomic mass is 10.0. The molecule has 2 fully saturated rings. The molecule has 4 atom stereocenters. The summed E-state index contributed by atoms with van der Waals surface area (Å²) in [5.74, 6) is 0. The highest BCUT2D eigenvalue weighted by molar-refractivity contribution is 7.89. The highest BCUT2D eigenvalue weighted by Crippen LogP contribution is 2.26. The quantitative estimate of drug-likeness (QED) is 0.566. The van der Waals surface area contributed by atoms with Crippen LogP contribution in [0.4, 0.5) is 0 Å². The molecule has 0 spiro atoms. The summed E-state index contributed by atoms with van der Waals surface area (Å²) in [5.41, 5.74) is 0. The van der Waals surface area contributed by atoms with Gasteiger partial charge >= 0.3 is 0 Å². The second-order valence-electron chi connectivity index (χ2n) is 6.19. The van der Waals surface area contributed by atoms with E-state index in [4.69, 9.17) is 9.47 Å². The lowest BCUT2D eigenvalue weighted by Crippen LogP contribution is -2.54. The Balaban J connectivity index is 0.00000243. The summed E-state index contributed by atoms with van der Waals surface area (Å²) >= 11 is 0. The van der Waals surface area contributed by atoms with Gasteiger partial charge in [0.15, 0.2) is 0 Å². The predicted octanol–water partition coefficient (Wildman–Crippen LogP) is -0.792. The molecule has 2 heterocycles. The van der Waals surface area contributed by atoms with E-state index in [-0.39, 0.29) is 36.5 Å². The second kappa shape index (κ2) is 9.43. The zero-order chi connectivity index (χ0) is 17.9. The maximum Gasteiger partial charge on any atom is 0.240 e. The van der Waals surface area contributed by atoms with Crippen LogP contribution < -0.4 is 4.72 Å². The summed E-state index contributed by atoms with van der Waals surface area (Å²) in [5, 5.41) is 19.9. The third-order valence-corrected chi connectivity index (χ3v) is 6.08. The highest BCUT2D eigenvalue weighted by atomic mass is 35.5. The zero-order valence-corrected chi connectivity index (χ0v) is 15.9. The van der Waals surface area contributed by atoms with Crippen LogP contribution in [0, 0.1) is 0 Å². The SMILES string of the molecule is Cl.O=S(=O)(NC[C@H]1O[C@@H](CO)[C@@H](O)[C@H]1N1CCOCC1)c1ccccc1. The van der Waals surface area contributed by atoms with Crippen LogP contribution in [0.25, 0.3) is 0 Å². The number of hydrogen-bond acceptors (Lipinski definition) is 7. The van der Waals surface area contributed by atoms with Crippen molar-refractivity contribution >= 4 is 22.4 Å². The molecule has 1 aromatic rings. The van der Waals surface area contributed by atoms with Crippen LogP contribution in [-0.2, 0) is 19.5 Å². The molecule has 0 bridgehead atoms. The molecule has 0 radical (unpaired) electrons. The molecular weight excluding hydrogens is 384 g/mol. The van der Waals surface area contributed by atoms with Crippen molar-refractivity contribution in [1.82, 2.24) is 9.62 Å². The molecular formula is C16H25ClN2O6S. The molecule has 0 saturated carbocycles. The molecule has 26 heavy (non-hydrogen) atoms. The van der Waals surface area contributed by atoms with E-state index in [1.165, 1.54) is 12.1 Å². The van der Waals surface area contributed by atoms with Crippen molar-refractivity contribution in [2.75, 3.05) is 39.5 Å². The average molecular weight is 409 g/mol. The smallest absolute Gasteiger partial charge is 0.240 e. The van der Waals surface area contributed by atoms with E-state index >= 15 is 0 Å². The summed E-state index contributed by atoms with van der Waals surface area (Å²) in [6.07, 6.45) is -2.16. The van der Waals surface area contributed by atoms with Gasteiger partial charge in [-0.05, 0) is 12.1 Å². The molecule has 3 N–H and O–H groups in total. The molecule has 148 valence electrons. The Hall–Kier alpha value is -0.780. The molecule has 0 aromatic heterocycles. The van der Waals surface area contributed by atoms with Gasteiger partial charge < -0.3 is 19.7 Å². The van der Waals surface area contributed by atoms with Gasteiger partial charge in [-0.2, -0.15) is 0 Å². The Morgan fingerprint density at radius 2 is 1.81 bits per heavy atom. The first kappa shape index (κ1) is 21.5. The first-order valence-electron chi connectivity index (χ1n) is 8.34. The summed E-state index contributed by atoms with van der Waals surface area (Å²) in [6, 6.07) is 7.70. The number of nitrogens with zero attached hydrogens (tertiary/aromatic N) is 1. The fourth-order valence-corrected chi connectivity index (χ4v) is 4.41. The monoisotopic (exact) mass is 408 g/mol. The number of ether oxygens (including phenoxy) is 2. The normalized spacial score (nSPS) is 30.1. The number of halogens is 1. The first-order chi connectivity index (χ1) is 12.0. The number of nitrogens with one attached hydrogen (secondary N) is 1. The van der Waals surface area contributed by atoms with Gasteiger partial charge in [-0.1, -0.05) is 18.2 Å². The lowest BCUT2D eigenvalue weighted by molar-refractivity contribution is -0.0207. The van der Waals surface area contributed by atoms with Crippen molar-refractivity contribution in [1.29, 1.82) is 0 Å². The van der Waals surface area contributed by atoms with Crippen molar-refractivity contribution in [3.8, 4) is 0 Å². The number of aliphatic hydroxyl groups is 2. The summed E-state index contributed by atoms with van der Waals surface area (Å²) in [7, 11) is -3.66.